The molecule has 0 aliphatic heterocycles. The predicted molar refractivity (Wildman–Crippen MR) is 83.8 cm³/mol. The van der Waals surface area contributed by atoms with E-state index in [9.17, 15) is 0 Å². The van der Waals surface area contributed by atoms with Gasteiger partial charge in [0.2, 0.25) is 0 Å². The Kier molecular flexibility index (Phi) is 3.28. The minimum atomic E-state index is 0.587. The number of aryl methyl sites for hydroxylation is 3. The molecule has 1 heterocycles. The Morgan fingerprint density at radius 2 is 2.05 bits per heavy atom. The van der Waals surface area contributed by atoms with Crippen LogP contribution in [-0.4, -0.2) is 9.55 Å². The summed E-state index contributed by atoms with van der Waals surface area (Å²) in [5, 5.41) is 0. The third kappa shape index (κ3) is 2.21. The number of benzene rings is 1. The number of nitrogens with zero attached hydrogens (tertiary/aromatic N) is 2. The Hall–Kier alpha value is -1.77. The number of hydrogen-bond donors (Lipinski definition) is 1. The second kappa shape index (κ2) is 4.97. The highest BCUT2D eigenvalue weighted by atomic mass is 15.2. The molecule has 3 heteroatoms. The lowest BCUT2D eigenvalue weighted by Gasteiger charge is -2.08. The van der Waals surface area contributed by atoms with Crippen LogP contribution >= 0.6 is 0 Å². The molecule has 1 aromatic carbocycles. The van der Waals surface area contributed by atoms with Crippen molar-refractivity contribution in [2.24, 2.45) is 0 Å². The monoisotopic (exact) mass is 269 g/mol. The summed E-state index contributed by atoms with van der Waals surface area (Å²) in [5.41, 5.74) is 11.1. The van der Waals surface area contributed by atoms with E-state index in [0.717, 1.165) is 30.2 Å². The van der Waals surface area contributed by atoms with Gasteiger partial charge in [0.05, 0.1) is 0 Å². The molecule has 0 bridgehead atoms. The van der Waals surface area contributed by atoms with Crippen LogP contribution in [0.25, 0.3) is 11.3 Å². The molecular formula is C17H23N3. The topological polar surface area (TPSA) is 43.8 Å². The molecule has 3 rings (SSSR count). The van der Waals surface area contributed by atoms with E-state index in [1.165, 1.54) is 29.5 Å². The zero-order valence-corrected chi connectivity index (χ0v) is 12.6. The predicted octanol–water partition coefficient (Wildman–Crippen LogP) is 4.04. The Morgan fingerprint density at radius 1 is 1.30 bits per heavy atom. The lowest BCUT2D eigenvalue weighted by atomic mass is 10.0. The maximum Gasteiger partial charge on any atom is 0.132 e. The van der Waals surface area contributed by atoms with Crippen LogP contribution in [0.1, 0.15) is 49.2 Å². The Morgan fingerprint density at radius 3 is 2.65 bits per heavy atom. The van der Waals surface area contributed by atoms with Crippen molar-refractivity contribution in [2.45, 2.75) is 52.5 Å². The van der Waals surface area contributed by atoms with Gasteiger partial charge in [-0.05, 0) is 38.7 Å². The third-order valence-electron chi connectivity index (χ3n) is 4.04. The van der Waals surface area contributed by atoms with Crippen molar-refractivity contribution in [3.05, 3.63) is 35.2 Å². The first-order valence-corrected chi connectivity index (χ1v) is 7.56. The van der Waals surface area contributed by atoms with Gasteiger partial charge >= 0.3 is 0 Å². The number of hydrogen-bond acceptors (Lipinski definition) is 2. The van der Waals surface area contributed by atoms with Crippen molar-refractivity contribution >= 4 is 5.82 Å². The van der Waals surface area contributed by atoms with E-state index >= 15 is 0 Å². The number of anilines is 1. The van der Waals surface area contributed by atoms with Crippen LogP contribution in [0, 0.1) is 13.8 Å². The minimum absolute atomic E-state index is 0.587. The summed E-state index contributed by atoms with van der Waals surface area (Å²) in [7, 11) is 0. The molecule has 1 fully saturated rings. The maximum absolute atomic E-state index is 6.41. The zero-order valence-electron chi connectivity index (χ0n) is 12.6. The standard InChI is InChI=1S/C17H23N3/c1-4-5-15-19-16(17(18)20(15)13-7-8-13)14-9-6-11(2)10-12(14)3/h6,9-10,13H,4-5,7-8,18H2,1-3H3. The second-order valence-electron chi connectivity index (χ2n) is 5.93. The van der Waals surface area contributed by atoms with Crippen molar-refractivity contribution < 1.29 is 0 Å². The van der Waals surface area contributed by atoms with Gasteiger partial charge in [-0.25, -0.2) is 4.98 Å². The first-order chi connectivity index (χ1) is 9.61. The molecular weight excluding hydrogens is 246 g/mol. The number of nitrogens with two attached hydrogens (primary N) is 1. The van der Waals surface area contributed by atoms with E-state index in [4.69, 9.17) is 10.7 Å². The number of nitrogen functional groups attached to an aromatic ring is 1. The summed E-state index contributed by atoms with van der Waals surface area (Å²) in [5.74, 6) is 2.00. The Bertz CT molecular complexity index is 636. The molecule has 1 aliphatic carbocycles. The fourth-order valence-electron chi connectivity index (χ4n) is 2.91. The summed E-state index contributed by atoms with van der Waals surface area (Å²) in [6.07, 6.45) is 4.59. The van der Waals surface area contributed by atoms with Crippen molar-refractivity contribution in [3.8, 4) is 11.3 Å². The van der Waals surface area contributed by atoms with Gasteiger partial charge in [-0.1, -0.05) is 30.7 Å². The van der Waals surface area contributed by atoms with E-state index in [-0.39, 0.29) is 0 Å². The van der Waals surface area contributed by atoms with Crippen LogP contribution in [0.3, 0.4) is 0 Å². The van der Waals surface area contributed by atoms with Crippen molar-refractivity contribution in [1.82, 2.24) is 9.55 Å². The van der Waals surface area contributed by atoms with E-state index in [1.807, 2.05) is 0 Å². The Labute approximate surface area is 120 Å². The summed E-state index contributed by atoms with van der Waals surface area (Å²) >= 11 is 0. The lowest BCUT2D eigenvalue weighted by Crippen LogP contribution is -2.05. The molecule has 0 spiro atoms. The molecule has 0 atom stereocenters. The van der Waals surface area contributed by atoms with Gasteiger partial charge in [0, 0.05) is 18.0 Å². The molecule has 0 unspecified atom stereocenters. The highest BCUT2D eigenvalue weighted by molar-refractivity contribution is 5.74. The zero-order chi connectivity index (χ0) is 14.3. The third-order valence-corrected chi connectivity index (χ3v) is 4.04. The molecule has 0 radical (unpaired) electrons. The average molecular weight is 269 g/mol. The normalized spacial score (nSPS) is 14.8. The largest absolute Gasteiger partial charge is 0.383 e. The molecule has 1 saturated carbocycles. The van der Waals surface area contributed by atoms with Gasteiger partial charge in [0.15, 0.2) is 0 Å². The summed E-state index contributed by atoms with van der Waals surface area (Å²) < 4.78 is 2.28. The van der Waals surface area contributed by atoms with E-state index in [0.29, 0.717) is 6.04 Å². The van der Waals surface area contributed by atoms with Gasteiger partial charge in [0.25, 0.3) is 0 Å². The minimum Gasteiger partial charge on any atom is -0.383 e. The quantitative estimate of drug-likeness (QED) is 0.910. The van der Waals surface area contributed by atoms with Gasteiger partial charge in [0.1, 0.15) is 17.3 Å². The van der Waals surface area contributed by atoms with E-state index in [1.54, 1.807) is 0 Å². The van der Waals surface area contributed by atoms with E-state index < -0.39 is 0 Å². The van der Waals surface area contributed by atoms with Crippen molar-refractivity contribution in [3.63, 3.8) is 0 Å². The van der Waals surface area contributed by atoms with Crippen LogP contribution in [-0.2, 0) is 6.42 Å². The van der Waals surface area contributed by atoms with Gasteiger partial charge in [-0.15, -0.1) is 0 Å². The summed E-state index contributed by atoms with van der Waals surface area (Å²) in [6.45, 7) is 6.45. The SMILES string of the molecule is CCCc1nc(-c2ccc(C)cc2C)c(N)n1C1CC1. The number of aromatic nitrogens is 2. The smallest absolute Gasteiger partial charge is 0.132 e. The average Bonchev–Trinajstić information content (AvgIpc) is 3.17. The maximum atomic E-state index is 6.41. The number of rotatable bonds is 4. The molecule has 1 aliphatic rings. The van der Waals surface area contributed by atoms with Crippen LogP contribution in [0.5, 0.6) is 0 Å². The molecule has 2 N–H and O–H groups in total. The van der Waals surface area contributed by atoms with Gasteiger partial charge in [-0.3, -0.25) is 0 Å². The van der Waals surface area contributed by atoms with Crippen LogP contribution in [0.2, 0.25) is 0 Å². The second-order valence-corrected chi connectivity index (χ2v) is 5.93. The summed E-state index contributed by atoms with van der Waals surface area (Å²) in [6, 6.07) is 7.07. The summed E-state index contributed by atoms with van der Waals surface area (Å²) in [4.78, 5) is 4.86. The van der Waals surface area contributed by atoms with Crippen LogP contribution < -0.4 is 5.73 Å². The van der Waals surface area contributed by atoms with Gasteiger partial charge < -0.3 is 10.3 Å². The molecule has 20 heavy (non-hydrogen) atoms. The van der Waals surface area contributed by atoms with Gasteiger partial charge in [-0.2, -0.15) is 0 Å². The molecule has 1 aromatic heterocycles. The van der Waals surface area contributed by atoms with E-state index in [2.05, 4.69) is 43.5 Å². The lowest BCUT2D eigenvalue weighted by molar-refractivity contribution is 0.676. The van der Waals surface area contributed by atoms with Crippen LogP contribution in [0.15, 0.2) is 18.2 Å². The highest BCUT2D eigenvalue weighted by Gasteiger charge is 2.29. The molecule has 106 valence electrons. The molecule has 0 saturated heterocycles. The van der Waals surface area contributed by atoms with Crippen molar-refractivity contribution in [1.29, 1.82) is 0 Å². The molecule has 0 amide bonds. The molecule has 3 nitrogen and oxygen atoms in total. The highest BCUT2D eigenvalue weighted by Crippen LogP contribution is 2.41. The van der Waals surface area contributed by atoms with Crippen LogP contribution in [0.4, 0.5) is 5.82 Å². The fourth-order valence-corrected chi connectivity index (χ4v) is 2.91. The fraction of sp³-hybridized carbons (Fsp3) is 0.471. The molecule has 2 aromatic rings. The first kappa shape index (κ1) is 13.2. The van der Waals surface area contributed by atoms with Crippen molar-refractivity contribution in [2.75, 3.05) is 5.73 Å². The number of imidazole rings is 1. The first-order valence-electron chi connectivity index (χ1n) is 7.56. The Balaban J connectivity index is 2.11.